The van der Waals surface area contributed by atoms with E-state index in [1.54, 1.807) is 0 Å². The largest absolute Gasteiger partial charge is 0.364 e. The Labute approximate surface area is 188 Å². The second-order valence-corrected chi connectivity index (χ2v) is 7.80. The fourth-order valence-corrected chi connectivity index (χ4v) is 4.00. The van der Waals surface area contributed by atoms with Crippen LogP contribution in [0, 0.1) is 6.92 Å². The standard InChI is InChI=1S/C28H25N3O/c1-21-17-18-29-28-27(21)25(32-20-22-11-5-2-6-12-22)19-26(30-23-13-7-3-8-14-23)31(28)24-15-9-4-10-16-24/h2-19,25,30H,20H2,1H3. The van der Waals surface area contributed by atoms with E-state index in [1.807, 2.05) is 66.9 Å². The van der Waals surface area contributed by atoms with Crippen LogP contribution in [-0.2, 0) is 11.3 Å². The molecule has 4 aromatic rings. The molecule has 0 fully saturated rings. The van der Waals surface area contributed by atoms with Crippen LogP contribution in [0.3, 0.4) is 0 Å². The molecule has 4 heteroatoms. The van der Waals surface area contributed by atoms with Crippen molar-refractivity contribution in [3.05, 3.63) is 132 Å². The average molecular weight is 420 g/mol. The molecule has 4 nitrogen and oxygen atoms in total. The van der Waals surface area contributed by atoms with Gasteiger partial charge in [-0.25, -0.2) is 4.98 Å². The Kier molecular flexibility index (Phi) is 5.69. The minimum Gasteiger partial charge on any atom is -0.364 e. The summed E-state index contributed by atoms with van der Waals surface area (Å²) in [6, 6.07) is 32.8. The number of aryl methyl sites for hydroxylation is 1. The van der Waals surface area contributed by atoms with Gasteiger partial charge in [0.25, 0.3) is 0 Å². The normalized spacial score (nSPS) is 15.1. The van der Waals surface area contributed by atoms with E-state index in [4.69, 9.17) is 9.72 Å². The molecule has 32 heavy (non-hydrogen) atoms. The van der Waals surface area contributed by atoms with Crippen LogP contribution in [0.25, 0.3) is 0 Å². The van der Waals surface area contributed by atoms with E-state index in [1.165, 1.54) is 0 Å². The van der Waals surface area contributed by atoms with E-state index < -0.39 is 0 Å². The van der Waals surface area contributed by atoms with Crippen molar-refractivity contribution < 1.29 is 4.74 Å². The highest BCUT2D eigenvalue weighted by molar-refractivity contribution is 5.74. The number of nitrogens with one attached hydrogen (secondary N) is 1. The second-order valence-electron chi connectivity index (χ2n) is 7.80. The van der Waals surface area contributed by atoms with Crippen molar-refractivity contribution in [2.45, 2.75) is 19.6 Å². The fourth-order valence-electron chi connectivity index (χ4n) is 4.00. The smallest absolute Gasteiger partial charge is 0.145 e. The zero-order valence-electron chi connectivity index (χ0n) is 18.0. The summed E-state index contributed by atoms with van der Waals surface area (Å²) >= 11 is 0. The lowest BCUT2D eigenvalue weighted by Crippen LogP contribution is -2.29. The van der Waals surface area contributed by atoms with Gasteiger partial charge in [-0.15, -0.1) is 0 Å². The Bertz CT molecular complexity index is 1210. The van der Waals surface area contributed by atoms with Gasteiger partial charge in [0.05, 0.1) is 6.61 Å². The summed E-state index contributed by atoms with van der Waals surface area (Å²) < 4.78 is 6.45. The summed E-state index contributed by atoms with van der Waals surface area (Å²) in [7, 11) is 0. The van der Waals surface area contributed by atoms with Crippen LogP contribution in [-0.4, -0.2) is 4.98 Å². The molecule has 0 radical (unpaired) electrons. The lowest BCUT2D eigenvalue weighted by molar-refractivity contribution is 0.0700. The van der Waals surface area contributed by atoms with E-state index in [9.17, 15) is 0 Å². The lowest BCUT2D eigenvalue weighted by Gasteiger charge is -2.35. The monoisotopic (exact) mass is 419 g/mol. The van der Waals surface area contributed by atoms with Crippen molar-refractivity contribution in [1.82, 2.24) is 4.98 Å². The first kappa shape index (κ1) is 20.0. The average Bonchev–Trinajstić information content (AvgIpc) is 2.84. The highest BCUT2D eigenvalue weighted by Gasteiger charge is 2.30. The molecule has 1 unspecified atom stereocenters. The number of para-hydroxylation sites is 2. The molecule has 0 aliphatic carbocycles. The number of nitrogens with zero attached hydrogens (tertiary/aromatic N) is 2. The fraction of sp³-hybridized carbons (Fsp3) is 0.107. The van der Waals surface area contributed by atoms with Gasteiger partial charge in [-0.05, 0) is 54.5 Å². The Morgan fingerprint density at radius 3 is 2.22 bits per heavy atom. The Morgan fingerprint density at radius 1 is 0.844 bits per heavy atom. The first-order valence-electron chi connectivity index (χ1n) is 10.8. The molecule has 0 saturated heterocycles. The number of rotatable bonds is 6. The van der Waals surface area contributed by atoms with E-state index in [-0.39, 0.29) is 6.10 Å². The molecule has 1 aromatic heterocycles. The van der Waals surface area contributed by atoms with E-state index >= 15 is 0 Å². The van der Waals surface area contributed by atoms with Crippen LogP contribution >= 0.6 is 0 Å². The van der Waals surface area contributed by atoms with Gasteiger partial charge in [-0.3, -0.25) is 4.90 Å². The summed E-state index contributed by atoms with van der Waals surface area (Å²) in [6.45, 7) is 2.64. The molecular weight excluding hydrogens is 394 g/mol. The molecule has 0 spiro atoms. The van der Waals surface area contributed by atoms with Gasteiger partial charge in [0, 0.05) is 23.1 Å². The molecule has 158 valence electrons. The third-order valence-electron chi connectivity index (χ3n) is 5.57. The molecule has 1 atom stereocenters. The number of benzene rings is 3. The summed E-state index contributed by atoms with van der Waals surface area (Å²) in [6.07, 6.45) is 3.80. The van der Waals surface area contributed by atoms with Gasteiger partial charge in [0.2, 0.25) is 0 Å². The highest BCUT2D eigenvalue weighted by Crippen LogP contribution is 2.42. The molecule has 0 saturated carbocycles. The van der Waals surface area contributed by atoms with Crippen LogP contribution in [0.2, 0.25) is 0 Å². The Balaban J connectivity index is 1.58. The third-order valence-corrected chi connectivity index (χ3v) is 5.57. The maximum absolute atomic E-state index is 6.45. The van der Waals surface area contributed by atoms with Gasteiger partial charge in [-0.1, -0.05) is 66.7 Å². The molecule has 1 aliphatic heterocycles. The van der Waals surface area contributed by atoms with Crippen LogP contribution in [0.15, 0.2) is 115 Å². The third kappa shape index (κ3) is 4.13. The molecule has 0 bridgehead atoms. The first-order valence-corrected chi connectivity index (χ1v) is 10.8. The van der Waals surface area contributed by atoms with Gasteiger partial charge in [0.15, 0.2) is 0 Å². The molecule has 1 N–H and O–H groups in total. The Hall–Kier alpha value is -3.89. The van der Waals surface area contributed by atoms with Crippen LogP contribution in [0.5, 0.6) is 0 Å². The first-order chi connectivity index (χ1) is 15.8. The minimum absolute atomic E-state index is 0.218. The van der Waals surface area contributed by atoms with Crippen molar-refractivity contribution in [3.63, 3.8) is 0 Å². The van der Waals surface area contributed by atoms with Gasteiger partial charge >= 0.3 is 0 Å². The molecule has 5 rings (SSSR count). The van der Waals surface area contributed by atoms with Gasteiger partial charge in [-0.2, -0.15) is 0 Å². The van der Waals surface area contributed by atoms with Crippen molar-refractivity contribution >= 4 is 17.2 Å². The summed E-state index contributed by atoms with van der Waals surface area (Å²) in [4.78, 5) is 6.96. The van der Waals surface area contributed by atoms with Crippen molar-refractivity contribution in [2.75, 3.05) is 10.2 Å². The predicted molar refractivity (Wildman–Crippen MR) is 130 cm³/mol. The van der Waals surface area contributed by atoms with Crippen LogP contribution in [0.4, 0.5) is 17.2 Å². The predicted octanol–water partition coefficient (Wildman–Crippen LogP) is 6.75. The Morgan fingerprint density at radius 2 is 1.50 bits per heavy atom. The summed E-state index contributed by atoms with van der Waals surface area (Å²) in [5.74, 6) is 1.81. The van der Waals surface area contributed by atoms with Crippen molar-refractivity contribution in [1.29, 1.82) is 0 Å². The van der Waals surface area contributed by atoms with Crippen molar-refractivity contribution in [3.8, 4) is 0 Å². The number of pyridine rings is 1. The van der Waals surface area contributed by atoms with E-state index in [0.717, 1.165) is 39.7 Å². The quantitative estimate of drug-likeness (QED) is 0.375. The van der Waals surface area contributed by atoms with E-state index in [2.05, 4.69) is 59.6 Å². The number of anilines is 3. The topological polar surface area (TPSA) is 37.4 Å². The molecule has 1 aliphatic rings. The van der Waals surface area contributed by atoms with Gasteiger partial charge < -0.3 is 10.1 Å². The number of hydrogen-bond donors (Lipinski definition) is 1. The molecule has 2 heterocycles. The SMILES string of the molecule is Cc1ccnc2c1C(OCc1ccccc1)C=C(Nc1ccccc1)N2c1ccccc1. The zero-order chi connectivity index (χ0) is 21.8. The van der Waals surface area contributed by atoms with Crippen molar-refractivity contribution in [2.24, 2.45) is 0 Å². The highest BCUT2D eigenvalue weighted by atomic mass is 16.5. The number of ether oxygens (including phenoxy) is 1. The van der Waals surface area contributed by atoms with Crippen LogP contribution < -0.4 is 10.2 Å². The van der Waals surface area contributed by atoms with E-state index in [0.29, 0.717) is 6.61 Å². The molecule has 3 aromatic carbocycles. The number of fused-ring (bicyclic) bond motifs is 1. The number of hydrogen-bond acceptors (Lipinski definition) is 4. The summed E-state index contributed by atoms with van der Waals surface area (Å²) in [5.41, 5.74) is 5.45. The van der Waals surface area contributed by atoms with Crippen LogP contribution in [0.1, 0.15) is 22.8 Å². The number of aromatic nitrogens is 1. The van der Waals surface area contributed by atoms with Gasteiger partial charge in [0.1, 0.15) is 17.7 Å². The second kappa shape index (κ2) is 9.08. The summed E-state index contributed by atoms with van der Waals surface area (Å²) in [5, 5.41) is 3.58. The maximum atomic E-state index is 6.45. The lowest BCUT2D eigenvalue weighted by atomic mass is 9.99. The minimum atomic E-state index is -0.218. The maximum Gasteiger partial charge on any atom is 0.145 e. The zero-order valence-corrected chi connectivity index (χ0v) is 18.0. The molecule has 0 amide bonds. The molecular formula is C28H25N3O.